The second-order valence-corrected chi connectivity index (χ2v) is 6.79. The van der Waals surface area contributed by atoms with Crippen molar-refractivity contribution in [3.63, 3.8) is 0 Å². The number of aromatic nitrogens is 3. The van der Waals surface area contributed by atoms with E-state index in [1.165, 1.54) is 25.7 Å². The van der Waals surface area contributed by atoms with Gasteiger partial charge >= 0.3 is 11.9 Å². The van der Waals surface area contributed by atoms with Crippen molar-refractivity contribution in [1.82, 2.24) is 20.5 Å². The van der Waals surface area contributed by atoms with Crippen molar-refractivity contribution in [1.29, 1.82) is 0 Å². The molecule has 1 atom stereocenters. The monoisotopic (exact) mass is 468 g/mol. The first-order valence-electron chi connectivity index (χ1n) is 9.87. The molecule has 33 heavy (non-hydrogen) atoms. The number of esters is 2. The van der Waals surface area contributed by atoms with Crippen molar-refractivity contribution >= 4 is 51.9 Å². The molecule has 0 aliphatic carbocycles. The number of halogens is 1. The van der Waals surface area contributed by atoms with Gasteiger partial charge in [0, 0.05) is 23.2 Å². The number of hydrazone groups is 1. The van der Waals surface area contributed by atoms with Gasteiger partial charge in [-0.3, -0.25) is 10.4 Å². The van der Waals surface area contributed by atoms with E-state index in [0.29, 0.717) is 22.3 Å². The highest BCUT2D eigenvalue weighted by molar-refractivity contribution is 6.34. The highest BCUT2D eigenvalue weighted by atomic mass is 35.5. The fourth-order valence-electron chi connectivity index (χ4n) is 2.77. The molecule has 2 heterocycles. The highest BCUT2D eigenvalue weighted by Crippen LogP contribution is 2.25. The minimum Gasteiger partial charge on any atom is -0.465 e. The summed E-state index contributed by atoms with van der Waals surface area (Å²) in [7, 11) is 1.25. The topological polar surface area (TPSA) is 128 Å². The van der Waals surface area contributed by atoms with Crippen LogP contribution >= 0.6 is 11.6 Å². The van der Waals surface area contributed by atoms with Gasteiger partial charge < -0.3 is 14.8 Å². The number of nitrogens with one attached hydrogen (secondary N) is 2. The predicted octanol–water partition coefficient (Wildman–Crippen LogP) is 2.81. The SMILES string of the molecule is CCOC(=O)C(/C=N/Nc1nnc(Cl)c2ccccc12)N/C=C(/C(=O)OC)c1ccccn1. The van der Waals surface area contributed by atoms with E-state index in [4.69, 9.17) is 21.1 Å². The minimum absolute atomic E-state index is 0.128. The van der Waals surface area contributed by atoms with Crippen molar-refractivity contribution in [2.75, 3.05) is 19.1 Å². The number of hydrogen-bond acceptors (Lipinski definition) is 10. The summed E-state index contributed by atoms with van der Waals surface area (Å²) in [5.74, 6) is -0.869. The van der Waals surface area contributed by atoms with E-state index in [1.807, 2.05) is 18.2 Å². The summed E-state index contributed by atoms with van der Waals surface area (Å²) in [6.45, 7) is 1.85. The van der Waals surface area contributed by atoms with Gasteiger partial charge in [0.15, 0.2) is 17.0 Å². The Bertz CT molecular complexity index is 1190. The number of fused-ring (bicyclic) bond motifs is 1. The number of benzene rings is 1. The van der Waals surface area contributed by atoms with Gasteiger partial charge in [0.25, 0.3) is 0 Å². The predicted molar refractivity (Wildman–Crippen MR) is 124 cm³/mol. The molecule has 1 aromatic carbocycles. The first-order chi connectivity index (χ1) is 16.0. The Labute approximate surface area is 194 Å². The quantitative estimate of drug-likeness (QED) is 0.211. The number of pyridine rings is 1. The van der Waals surface area contributed by atoms with Gasteiger partial charge in [-0.05, 0) is 19.1 Å². The van der Waals surface area contributed by atoms with Crippen LogP contribution in [0.5, 0.6) is 0 Å². The van der Waals surface area contributed by atoms with Gasteiger partial charge in [0.2, 0.25) is 0 Å². The van der Waals surface area contributed by atoms with Crippen LogP contribution in [0.15, 0.2) is 60.0 Å². The van der Waals surface area contributed by atoms with E-state index in [9.17, 15) is 9.59 Å². The number of anilines is 1. The third-order valence-corrected chi connectivity index (χ3v) is 4.61. The van der Waals surface area contributed by atoms with Gasteiger partial charge in [-0.25, -0.2) is 9.59 Å². The fraction of sp³-hybridized carbons (Fsp3) is 0.182. The number of rotatable bonds is 9. The molecule has 2 aromatic heterocycles. The van der Waals surface area contributed by atoms with Crippen LogP contribution in [0.3, 0.4) is 0 Å². The number of nitrogens with zero attached hydrogens (tertiary/aromatic N) is 4. The molecule has 0 aliphatic heterocycles. The average Bonchev–Trinajstić information content (AvgIpc) is 2.85. The molecule has 1 unspecified atom stereocenters. The lowest BCUT2D eigenvalue weighted by Gasteiger charge is -2.13. The summed E-state index contributed by atoms with van der Waals surface area (Å²) in [5, 5.41) is 16.5. The van der Waals surface area contributed by atoms with Crippen LogP contribution in [0.4, 0.5) is 5.82 Å². The maximum atomic E-state index is 12.4. The molecule has 0 amide bonds. The van der Waals surface area contributed by atoms with Crippen LogP contribution in [0.25, 0.3) is 16.3 Å². The first-order valence-corrected chi connectivity index (χ1v) is 10.3. The number of hydrogen-bond donors (Lipinski definition) is 2. The molecule has 0 bridgehead atoms. The van der Waals surface area contributed by atoms with Crippen LogP contribution in [0.2, 0.25) is 5.15 Å². The van der Waals surface area contributed by atoms with Gasteiger partial charge in [-0.2, -0.15) is 5.10 Å². The molecule has 0 saturated carbocycles. The molecular formula is C22H21ClN6O4. The smallest absolute Gasteiger partial charge is 0.341 e. The van der Waals surface area contributed by atoms with Crippen LogP contribution in [0, 0.1) is 0 Å². The maximum absolute atomic E-state index is 12.4. The first kappa shape index (κ1) is 23.6. The second kappa shape index (κ2) is 11.5. The Balaban J connectivity index is 1.84. The zero-order valence-electron chi connectivity index (χ0n) is 17.9. The molecule has 10 nitrogen and oxygen atoms in total. The lowest BCUT2D eigenvalue weighted by atomic mass is 10.2. The highest BCUT2D eigenvalue weighted by Gasteiger charge is 2.19. The van der Waals surface area contributed by atoms with Gasteiger partial charge in [-0.15, -0.1) is 10.2 Å². The normalized spacial score (nSPS) is 12.4. The third-order valence-electron chi connectivity index (χ3n) is 4.33. The van der Waals surface area contributed by atoms with E-state index in [1.54, 1.807) is 31.2 Å². The van der Waals surface area contributed by atoms with Gasteiger partial charge in [-0.1, -0.05) is 41.9 Å². The summed E-state index contributed by atoms with van der Waals surface area (Å²) in [4.78, 5) is 28.8. The summed E-state index contributed by atoms with van der Waals surface area (Å²) >= 11 is 6.09. The molecular weight excluding hydrogens is 448 g/mol. The fourth-order valence-corrected chi connectivity index (χ4v) is 2.98. The van der Waals surface area contributed by atoms with E-state index >= 15 is 0 Å². The molecule has 0 spiro atoms. The van der Waals surface area contributed by atoms with Crippen LogP contribution in [-0.2, 0) is 19.1 Å². The summed E-state index contributed by atoms with van der Waals surface area (Å²) in [5.41, 5.74) is 3.26. The van der Waals surface area contributed by atoms with Crippen molar-refractivity contribution in [3.8, 4) is 0 Å². The average molecular weight is 469 g/mol. The largest absolute Gasteiger partial charge is 0.465 e. The minimum atomic E-state index is -1.02. The Kier molecular flexibility index (Phi) is 8.25. The zero-order chi connectivity index (χ0) is 23.6. The molecule has 0 radical (unpaired) electrons. The lowest BCUT2D eigenvalue weighted by Crippen LogP contribution is -2.37. The molecule has 0 saturated heterocycles. The van der Waals surface area contributed by atoms with E-state index in [2.05, 4.69) is 31.0 Å². The number of methoxy groups -OCH3 is 1. The van der Waals surface area contributed by atoms with E-state index in [-0.39, 0.29) is 17.3 Å². The van der Waals surface area contributed by atoms with Crippen molar-refractivity contribution in [2.24, 2.45) is 5.10 Å². The van der Waals surface area contributed by atoms with Crippen molar-refractivity contribution < 1.29 is 19.1 Å². The molecule has 0 fully saturated rings. The van der Waals surface area contributed by atoms with E-state index < -0.39 is 18.0 Å². The van der Waals surface area contributed by atoms with E-state index in [0.717, 1.165) is 0 Å². The van der Waals surface area contributed by atoms with Crippen LogP contribution < -0.4 is 10.7 Å². The standard InChI is InChI=1S/C22H21ClN6O4/c1-3-33-22(31)18(25-12-16(21(30)32-2)17-10-6-7-11-24-17)13-26-28-20-15-9-5-4-8-14(15)19(23)27-29-20/h4-13,18,25H,3H2,1-2H3,(H,28,29)/b16-12+,26-13+. The van der Waals surface area contributed by atoms with Crippen LogP contribution in [-0.4, -0.2) is 53.1 Å². The summed E-state index contributed by atoms with van der Waals surface area (Å²) in [6.07, 6.45) is 4.16. The van der Waals surface area contributed by atoms with Gasteiger partial charge in [0.05, 0.1) is 25.6 Å². The Morgan fingerprint density at radius 1 is 1.15 bits per heavy atom. The zero-order valence-corrected chi connectivity index (χ0v) is 18.6. The van der Waals surface area contributed by atoms with Gasteiger partial charge in [0.1, 0.15) is 5.57 Å². The molecule has 3 rings (SSSR count). The Morgan fingerprint density at radius 3 is 2.61 bits per heavy atom. The molecule has 2 N–H and O–H groups in total. The lowest BCUT2D eigenvalue weighted by molar-refractivity contribution is -0.143. The summed E-state index contributed by atoms with van der Waals surface area (Å²) in [6, 6.07) is 11.3. The third kappa shape index (κ3) is 6.01. The van der Waals surface area contributed by atoms with Crippen molar-refractivity contribution in [3.05, 3.63) is 65.7 Å². The number of ether oxygens (including phenoxy) is 2. The molecule has 11 heteroatoms. The molecule has 3 aromatic rings. The maximum Gasteiger partial charge on any atom is 0.341 e. The Morgan fingerprint density at radius 2 is 1.91 bits per heavy atom. The van der Waals surface area contributed by atoms with Crippen LogP contribution in [0.1, 0.15) is 12.6 Å². The Hall–Kier alpha value is -4.05. The molecule has 170 valence electrons. The number of carbonyl (C=O) groups is 2. The number of carbonyl (C=O) groups excluding carboxylic acids is 2. The summed E-state index contributed by atoms with van der Waals surface area (Å²) < 4.78 is 9.91. The second-order valence-electron chi connectivity index (χ2n) is 6.44. The molecule has 0 aliphatic rings. The van der Waals surface area contributed by atoms with Crippen molar-refractivity contribution in [2.45, 2.75) is 13.0 Å².